The third-order valence-corrected chi connectivity index (χ3v) is 3.09. The summed E-state index contributed by atoms with van der Waals surface area (Å²) in [4.78, 5) is 48.9. The smallest absolute Gasteiger partial charge is 0.299 e. The fourth-order valence-electron chi connectivity index (χ4n) is 1.86. The molecule has 8 heteroatoms. The number of nitrogens with one attached hydrogen (secondary N) is 2. The lowest BCUT2D eigenvalue weighted by Gasteiger charge is -2.32. The van der Waals surface area contributed by atoms with E-state index in [4.69, 9.17) is 0 Å². The Bertz CT molecular complexity index is 577. The maximum atomic E-state index is 12.0. The Hall–Kier alpha value is -2.90. The van der Waals surface area contributed by atoms with Crippen LogP contribution >= 0.6 is 0 Å². The van der Waals surface area contributed by atoms with Gasteiger partial charge in [0.15, 0.2) is 5.92 Å². The van der Waals surface area contributed by atoms with E-state index in [1.165, 1.54) is 14.1 Å². The molecular formula is C13H14N4O4. The van der Waals surface area contributed by atoms with E-state index in [0.29, 0.717) is 5.69 Å². The first-order chi connectivity index (χ1) is 9.93. The predicted molar refractivity (Wildman–Crippen MR) is 72.6 cm³/mol. The van der Waals surface area contributed by atoms with E-state index in [2.05, 4.69) is 10.9 Å². The van der Waals surface area contributed by atoms with Gasteiger partial charge in [0, 0.05) is 14.1 Å². The largest absolute Gasteiger partial charge is 0.332 e. The Balaban J connectivity index is 2.09. The number of amides is 5. The van der Waals surface area contributed by atoms with E-state index < -0.39 is 29.7 Å². The summed E-state index contributed by atoms with van der Waals surface area (Å²) in [7, 11) is 2.44. The number of barbiturate groups is 1. The molecule has 1 aliphatic rings. The van der Waals surface area contributed by atoms with E-state index in [1.807, 2.05) is 0 Å². The Morgan fingerprint density at radius 3 is 2.05 bits per heavy atom. The summed E-state index contributed by atoms with van der Waals surface area (Å²) < 4.78 is 0. The molecule has 21 heavy (non-hydrogen) atoms. The average molecular weight is 290 g/mol. The Labute approximate surface area is 120 Å². The number of para-hydroxylation sites is 1. The van der Waals surface area contributed by atoms with Crippen molar-refractivity contribution in [2.45, 2.75) is 0 Å². The summed E-state index contributed by atoms with van der Waals surface area (Å²) in [5, 5.41) is 0. The highest BCUT2D eigenvalue weighted by atomic mass is 16.2. The van der Waals surface area contributed by atoms with Gasteiger partial charge in [-0.3, -0.25) is 35.0 Å². The number of rotatable bonds is 3. The van der Waals surface area contributed by atoms with Crippen LogP contribution in [0.3, 0.4) is 0 Å². The quantitative estimate of drug-likeness (QED) is 0.593. The van der Waals surface area contributed by atoms with E-state index in [9.17, 15) is 19.2 Å². The van der Waals surface area contributed by atoms with Crippen molar-refractivity contribution in [3.8, 4) is 0 Å². The standard InChI is InChI=1S/C13H14N4O4/c1-16-11(19)9(12(20)17(2)13(16)21)10(18)15-14-8-6-4-3-5-7-8/h3-7,9,14H,1-2H3,(H,15,18). The number of nitrogens with zero attached hydrogens (tertiary/aromatic N) is 2. The van der Waals surface area contributed by atoms with Crippen molar-refractivity contribution >= 4 is 29.4 Å². The van der Waals surface area contributed by atoms with Crippen LogP contribution in [-0.2, 0) is 14.4 Å². The number of carbonyl (C=O) groups excluding carboxylic acids is 4. The van der Waals surface area contributed by atoms with Gasteiger partial charge in [-0.2, -0.15) is 0 Å². The molecule has 2 N–H and O–H groups in total. The second-order valence-electron chi connectivity index (χ2n) is 4.49. The summed E-state index contributed by atoms with van der Waals surface area (Å²) >= 11 is 0. The summed E-state index contributed by atoms with van der Waals surface area (Å²) in [6.45, 7) is 0. The van der Waals surface area contributed by atoms with Crippen molar-refractivity contribution in [3.05, 3.63) is 30.3 Å². The highest BCUT2D eigenvalue weighted by Gasteiger charge is 2.46. The molecule has 1 fully saturated rings. The number of hydrogen-bond donors (Lipinski definition) is 2. The van der Waals surface area contributed by atoms with Gasteiger partial charge in [0.05, 0.1) is 5.69 Å². The third kappa shape index (κ3) is 2.69. The number of anilines is 1. The molecule has 0 radical (unpaired) electrons. The van der Waals surface area contributed by atoms with Gasteiger partial charge in [-0.15, -0.1) is 0 Å². The van der Waals surface area contributed by atoms with Crippen molar-refractivity contribution in [2.24, 2.45) is 5.92 Å². The van der Waals surface area contributed by atoms with Gasteiger partial charge in [-0.25, -0.2) is 4.79 Å². The molecule has 0 unspecified atom stereocenters. The molecule has 5 amide bonds. The van der Waals surface area contributed by atoms with Crippen molar-refractivity contribution in [2.75, 3.05) is 19.5 Å². The number of benzene rings is 1. The molecule has 0 saturated carbocycles. The molecule has 1 heterocycles. The van der Waals surface area contributed by atoms with Crippen LogP contribution in [0.2, 0.25) is 0 Å². The number of hydrazine groups is 1. The fraction of sp³-hybridized carbons (Fsp3) is 0.231. The van der Waals surface area contributed by atoms with Crippen LogP contribution < -0.4 is 10.9 Å². The second-order valence-corrected chi connectivity index (χ2v) is 4.49. The molecule has 1 aromatic carbocycles. The number of hydrogen-bond acceptors (Lipinski definition) is 5. The monoisotopic (exact) mass is 290 g/mol. The van der Waals surface area contributed by atoms with Crippen molar-refractivity contribution in [1.29, 1.82) is 0 Å². The molecule has 0 spiro atoms. The zero-order chi connectivity index (χ0) is 15.6. The maximum absolute atomic E-state index is 12.0. The zero-order valence-electron chi connectivity index (χ0n) is 11.5. The lowest BCUT2D eigenvalue weighted by Crippen LogP contribution is -2.60. The van der Waals surface area contributed by atoms with Crippen molar-refractivity contribution in [3.63, 3.8) is 0 Å². The highest BCUT2D eigenvalue weighted by molar-refractivity contribution is 6.25. The van der Waals surface area contributed by atoms with Gasteiger partial charge in [0.2, 0.25) is 0 Å². The molecule has 1 saturated heterocycles. The first-order valence-electron chi connectivity index (χ1n) is 6.13. The summed E-state index contributed by atoms with van der Waals surface area (Å²) in [6, 6.07) is 7.96. The van der Waals surface area contributed by atoms with Crippen LogP contribution in [0.1, 0.15) is 0 Å². The average Bonchev–Trinajstić information content (AvgIpc) is 2.50. The predicted octanol–water partition coefficient (Wildman–Crippen LogP) is -0.204. The second kappa shape index (κ2) is 5.61. The van der Waals surface area contributed by atoms with E-state index >= 15 is 0 Å². The third-order valence-electron chi connectivity index (χ3n) is 3.09. The van der Waals surface area contributed by atoms with Crippen molar-refractivity contribution in [1.82, 2.24) is 15.2 Å². The number of carbonyl (C=O) groups is 4. The molecule has 2 rings (SSSR count). The molecule has 0 bridgehead atoms. The molecule has 0 aliphatic carbocycles. The van der Waals surface area contributed by atoms with E-state index in [-0.39, 0.29) is 0 Å². The SMILES string of the molecule is CN1C(=O)C(C(=O)NNc2ccccc2)C(=O)N(C)C1=O. The fourth-order valence-corrected chi connectivity index (χ4v) is 1.86. The minimum atomic E-state index is -1.58. The minimum Gasteiger partial charge on any atom is -0.299 e. The maximum Gasteiger partial charge on any atom is 0.332 e. The number of urea groups is 1. The lowest BCUT2D eigenvalue weighted by atomic mass is 10.0. The summed E-state index contributed by atoms with van der Waals surface area (Å²) in [5.74, 6) is -4.10. The minimum absolute atomic E-state index is 0.597. The van der Waals surface area contributed by atoms with Gasteiger partial charge in [-0.1, -0.05) is 18.2 Å². The van der Waals surface area contributed by atoms with Gasteiger partial charge < -0.3 is 0 Å². The van der Waals surface area contributed by atoms with Crippen LogP contribution in [0.15, 0.2) is 30.3 Å². The Morgan fingerprint density at radius 2 is 1.52 bits per heavy atom. The van der Waals surface area contributed by atoms with Gasteiger partial charge in [0.25, 0.3) is 17.7 Å². The molecule has 110 valence electrons. The van der Waals surface area contributed by atoms with Crippen LogP contribution in [0.25, 0.3) is 0 Å². The van der Waals surface area contributed by atoms with Gasteiger partial charge >= 0.3 is 6.03 Å². The zero-order valence-corrected chi connectivity index (χ0v) is 11.5. The van der Waals surface area contributed by atoms with Crippen LogP contribution in [0.4, 0.5) is 10.5 Å². The van der Waals surface area contributed by atoms with Crippen LogP contribution in [0.5, 0.6) is 0 Å². The van der Waals surface area contributed by atoms with Gasteiger partial charge in [-0.05, 0) is 12.1 Å². The number of imide groups is 2. The lowest BCUT2D eigenvalue weighted by molar-refractivity contribution is -0.152. The Kier molecular flexibility index (Phi) is 3.88. The molecule has 1 aromatic rings. The normalized spacial score (nSPS) is 16.2. The van der Waals surface area contributed by atoms with Gasteiger partial charge in [0.1, 0.15) is 0 Å². The molecular weight excluding hydrogens is 276 g/mol. The molecule has 8 nitrogen and oxygen atoms in total. The van der Waals surface area contributed by atoms with Crippen LogP contribution in [0, 0.1) is 5.92 Å². The Morgan fingerprint density at radius 1 is 1.00 bits per heavy atom. The first-order valence-corrected chi connectivity index (χ1v) is 6.13. The molecule has 0 aromatic heterocycles. The topological polar surface area (TPSA) is 98.8 Å². The van der Waals surface area contributed by atoms with E-state index in [1.54, 1.807) is 30.3 Å². The van der Waals surface area contributed by atoms with Crippen LogP contribution in [-0.4, -0.2) is 47.6 Å². The van der Waals surface area contributed by atoms with E-state index in [0.717, 1.165) is 9.80 Å². The molecule has 1 aliphatic heterocycles. The summed E-state index contributed by atoms with van der Waals surface area (Å²) in [5.41, 5.74) is 5.48. The summed E-state index contributed by atoms with van der Waals surface area (Å²) in [6.07, 6.45) is 0. The van der Waals surface area contributed by atoms with Crippen molar-refractivity contribution < 1.29 is 19.2 Å². The molecule has 0 atom stereocenters. The first kappa shape index (κ1) is 14.5. The highest BCUT2D eigenvalue weighted by Crippen LogP contribution is 2.15.